The van der Waals surface area contributed by atoms with E-state index in [4.69, 9.17) is 10.5 Å². The van der Waals surface area contributed by atoms with Crippen molar-refractivity contribution in [1.82, 2.24) is 30.0 Å². The standard InChI is InChI=1S/C24H25F5N8O3/c1-11-3-4-13-15(36-37(19(13)31-11)8-7-23(25,26)24(27,28)29)18-33-16(30)14-17(34-18)35-21(39)22(14,2)20(38)32-12-5-9-40-10-6-12/h3-4,12H,5-10H2,1-2H3,(H,32,38)(H3,30,33,34,35,39). The second kappa shape index (κ2) is 9.60. The number of nitrogen functional groups attached to an aromatic ring is 1. The maximum atomic E-state index is 13.6. The number of alkyl halides is 5. The van der Waals surface area contributed by atoms with Crippen molar-refractivity contribution < 1.29 is 36.3 Å². The zero-order valence-electron chi connectivity index (χ0n) is 21.4. The quantitative estimate of drug-likeness (QED) is 0.304. The molecule has 11 nitrogen and oxygen atoms in total. The summed E-state index contributed by atoms with van der Waals surface area (Å²) in [5.41, 5.74) is 5.08. The molecule has 4 N–H and O–H groups in total. The highest BCUT2D eigenvalue weighted by molar-refractivity contribution is 6.21. The number of fused-ring (bicyclic) bond motifs is 2. The first-order valence-electron chi connectivity index (χ1n) is 12.4. The summed E-state index contributed by atoms with van der Waals surface area (Å²) in [4.78, 5) is 39.1. The van der Waals surface area contributed by atoms with E-state index in [9.17, 15) is 31.5 Å². The average Bonchev–Trinajstić information content (AvgIpc) is 3.37. The van der Waals surface area contributed by atoms with Crippen molar-refractivity contribution in [2.45, 2.75) is 63.2 Å². The molecule has 1 saturated heterocycles. The Morgan fingerprint density at radius 2 is 1.90 bits per heavy atom. The molecule has 2 aliphatic rings. The summed E-state index contributed by atoms with van der Waals surface area (Å²) >= 11 is 0. The van der Waals surface area contributed by atoms with Gasteiger partial charge < -0.3 is 21.1 Å². The van der Waals surface area contributed by atoms with E-state index in [1.807, 2.05) is 0 Å². The predicted octanol–water partition coefficient (Wildman–Crippen LogP) is 2.87. The maximum absolute atomic E-state index is 13.6. The van der Waals surface area contributed by atoms with Gasteiger partial charge in [0.15, 0.2) is 16.9 Å². The average molecular weight is 569 g/mol. The minimum atomic E-state index is -5.72. The third kappa shape index (κ3) is 4.59. The number of rotatable bonds is 6. The first kappa shape index (κ1) is 27.6. The molecule has 1 fully saturated rings. The van der Waals surface area contributed by atoms with Crippen molar-refractivity contribution >= 4 is 34.5 Å². The van der Waals surface area contributed by atoms with E-state index in [1.165, 1.54) is 6.92 Å². The van der Waals surface area contributed by atoms with E-state index in [0.29, 0.717) is 31.7 Å². The maximum Gasteiger partial charge on any atom is 0.453 e. The lowest BCUT2D eigenvalue weighted by molar-refractivity contribution is -0.285. The number of hydrogen-bond donors (Lipinski definition) is 3. The minimum absolute atomic E-state index is 0.00170. The topological polar surface area (TPSA) is 150 Å². The summed E-state index contributed by atoms with van der Waals surface area (Å²) in [5, 5.41) is 9.87. The number of aryl methyl sites for hydroxylation is 2. The number of carbonyl (C=O) groups excluding carboxylic acids is 2. The molecule has 16 heteroatoms. The van der Waals surface area contributed by atoms with Gasteiger partial charge in [0.1, 0.15) is 17.3 Å². The van der Waals surface area contributed by atoms with Crippen LogP contribution in [0.1, 0.15) is 37.4 Å². The van der Waals surface area contributed by atoms with Crippen molar-refractivity contribution in [3.8, 4) is 11.5 Å². The Kier molecular flexibility index (Phi) is 6.63. The smallest absolute Gasteiger partial charge is 0.383 e. The number of hydrogen-bond acceptors (Lipinski definition) is 8. The van der Waals surface area contributed by atoms with E-state index in [-0.39, 0.29) is 45.8 Å². The summed E-state index contributed by atoms with van der Waals surface area (Å²) in [6.07, 6.45) is -6.12. The number of anilines is 2. The van der Waals surface area contributed by atoms with Crippen LogP contribution < -0.4 is 16.4 Å². The third-order valence-electron chi connectivity index (χ3n) is 7.13. The van der Waals surface area contributed by atoms with Gasteiger partial charge in [-0.1, -0.05) is 0 Å². The molecule has 2 aliphatic heterocycles. The summed E-state index contributed by atoms with van der Waals surface area (Å²) in [7, 11) is 0. The number of halogens is 5. The van der Waals surface area contributed by atoms with Gasteiger partial charge >= 0.3 is 12.1 Å². The predicted molar refractivity (Wildman–Crippen MR) is 131 cm³/mol. The van der Waals surface area contributed by atoms with E-state index in [1.54, 1.807) is 19.1 Å². The molecule has 2 amide bonds. The molecular formula is C24H25F5N8O3. The van der Waals surface area contributed by atoms with Gasteiger partial charge in [-0.3, -0.25) is 9.59 Å². The number of nitrogens with zero attached hydrogens (tertiary/aromatic N) is 5. The van der Waals surface area contributed by atoms with Crippen LogP contribution in [0.4, 0.5) is 33.6 Å². The highest BCUT2D eigenvalue weighted by Gasteiger charge is 2.57. The fraction of sp³-hybridized carbons (Fsp3) is 0.500. The Labute approximate surface area is 223 Å². The molecule has 5 heterocycles. The third-order valence-corrected chi connectivity index (χ3v) is 7.13. The molecule has 0 saturated carbocycles. The Balaban J connectivity index is 1.52. The van der Waals surface area contributed by atoms with E-state index in [0.717, 1.165) is 4.68 Å². The molecule has 0 spiro atoms. The highest BCUT2D eigenvalue weighted by atomic mass is 19.4. The monoisotopic (exact) mass is 568 g/mol. The first-order valence-corrected chi connectivity index (χ1v) is 12.4. The SMILES string of the molecule is Cc1ccc2c(-c3nc(N)c4c(n3)NC(=O)C4(C)C(=O)NC3CCOCC3)nn(CCC(F)(F)C(F)(F)F)c2n1. The van der Waals surface area contributed by atoms with Crippen molar-refractivity contribution in [1.29, 1.82) is 0 Å². The number of nitrogens with one attached hydrogen (secondary N) is 2. The number of ether oxygens (including phenoxy) is 1. The lowest BCUT2D eigenvalue weighted by Gasteiger charge is -2.28. The number of nitrogens with two attached hydrogens (primary N) is 1. The van der Waals surface area contributed by atoms with Gasteiger partial charge in [-0.05, 0) is 38.8 Å². The van der Waals surface area contributed by atoms with Crippen molar-refractivity contribution in [2.24, 2.45) is 0 Å². The Hall–Kier alpha value is -3.95. The molecule has 3 aromatic rings. The fourth-order valence-corrected chi connectivity index (χ4v) is 4.76. The van der Waals surface area contributed by atoms with E-state index >= 15 is 0 Å². The number of amides is 2. The molecule has 40 heavy (non-hydrogen) atoms. The molecular weight excluding hydrogens is 543 g/mol. The van der Waals surface area contributed by atoms with Crippen LogP contribution in [0.5, 0.6) is 0 Å². The van der Waals surface area contributed by atoms with Crippen molar-refractivity contribution in [3.05, 3.63) is 23.4 Å². The largest absolute Gasteiger partial charge is 0.453 e. The number of pyridine rings is 1. The first-order chi connectivity index (χ1) is 18.7. The molecule has 3 aromatic heterocycles. The zero-order chi connectivity index (χ0) is 29.0. The zero-order valence-corrected chi connectivity index (χ0v) is 21.4. The molecule has 0 aliphatic carbocycles. The second-order valence-corrected chi connectivity index (χ2v) is 9.94. The van der Waals surface area contributed by atoms with Crippen LogP contribution in [-0.4, -0.2) is 67.9 Å². The number of aromatic nitrogens is 5. The molecule has 0 bridgehead atoms. The van der Waals surface area contributed by atoms with Gasteiger partial charge in [0.2, 0.25) is 11.8 Å². The Morgan fingerprint density at radius 1 is 1.20 bits per heavy atom. The van der Waals surface area contributed by atoms with Crippen LogP contribution in [-0.2, 0) is 26.3 Å². The van der Waals surface area contributed by atoms with Gasteiger partial charge in [-0.2, -0.15) is 27.1 Å². The fourth-order valence-electron chi connectivity index (χ4n) is 4.76. The Bertz CT molecular complexity index is 1500. The van der Waals surface area contributed by atoms with Crippen LogP contribution in [0.2, 0.25) is 0 Å². The van der Waals surface area contributed by atoms with Gasteiger partial charge in [0.05, 0.1) is 10.9 Å². The van der Waals surface area contributed by atoms with Crippen LogP contribution >= 0.6 is 0 Å². The van der Waals surface area contributed by atoms with Crippen LogP contribution in [0.15, 0.2) is 12.1 Å². The van der Waals surface area contributed by atoms with Crippen LogP contribution in [0, 0.1) is 6.92 Å². The molecule has 1 atom stereocenters. The minimum Gasteiger partial charge on any atom is -0.383 e. The lowest BCUT2D eigenvalue weighted by Crippen LogP contribution is -2.51. The lowest BCUT2D eigenvalue weighted by atomic mass is 9.83. The number of carbonyl (C=O) groups is 2. The summed E-state index contributed by atoms with van der Waals surface area (Å²) in [6.45, 7) is 3.16. The van der Waals surface area contributed by atoms with Gasteiger partial charge in [-0.15, -0.1) is 0 Å². The summed E-state index contributed by atoms with van der Waals surface area (Å²) in [6, 6.07) is 2.96. The van der Waals surface area contributed by atoms with Gasteiger partial charge in [0, 0.05) is 37.9 Å². The second-order valence-electron chi connectivity index (χ2n) is 9.94. The van der Waals surface area contributed by atoms with Crippen molar-refractivity contribution in [2.75, 3.05) is 24.3 Å². The van der Waals surface area contributed by atoms with Gasteiger partial charge in [0.25, 0.3) is 0 Å². The van der Waals surface area contributed by atoms with Crippen LogP contribution in [0.25, 0.3) is 22.6 Å². The van der Waals surface area contributed by atoms with Crippen molar-refractivity contribution in [3.63, 3.8) is 0 Å². The summed E-state index contributed by atoms with van der Waals surface area (Å²) < 4.78 is 71.7. The molecule has 214 valence electrons. The van der Waals surface area contributed by atoms with E-state index in [2.05, 4.69) is 30.7 Å². The molecule has 0 radical (unpaired) electrons. The van der Waals surface area contributed by atoms with Gasteiger partial charge in [-0.25, -0.2) is 19.6 Å². The van der Waals surface area contributed by atoms with E-state index < -0.39 is 42.3 Å². The normalized spacial score (nSPS) is 20.0. The Morgan fingerprint density at radius 3 is 2.58 bits per heavy atom. The summed E-state index contributed by atoms with van der Waals surface area (Å²) in [5.74, 6) is -6.57. The molecule has 0 aromatic carbocycles. The highest BCUT2D eigenvalue weighted by Crippen LogP contribution is 2.42. The molecule has 1 unspecified atom stereocenters. The molecule has 5 rings (SSSR count). The van der Waals surface area contributed by atoms with Crippen LogP contribution in [0.3, 0.4) is 0 Å².